The predicted molar refractivity (Wildman–Crippen MR) is 28.7 cm³/mol. The maximum absolute atomic E-state index is 11.2. The summed E-state index contributed by atoms with van der Waals surface area (Å²) in [6, 6.07) is -0.779. The lowest BCUT2D eigenvalue weighted by Gasteiger charge is -1.78. The van der Waals surface area contributed by atoms with E-state index in [1.54, 1.807) is 0 Å². The van der Waals surface area contributed by atoms with E-state index in [9.17, 15) is 9.18 Å². The van der Waals surface area contributed by atoms with E-state index >= 15 is 0 Å². The summed E-state index contributed by atoms with van der Waals surface area (Å²) in [5.74, 6) is 0. The Bertz CT molecular complexity index is 102. The van der Waals surface area contributed by atoms with Crippen LogP contribution in [0.2, 0.25) is 0 Å². The molecular weight excluding hydrogens is 111 g/mol. The first-order valence-electron chi connectivity index (χ1n) is 2.15. The van der Waals surface area contributed by atoms with Gasteiger partial charge in [0.2, 0.25) is 0 Å². The van der Waals surface area contributed by atoms with Crippen LogP contribution in [0.1, 0.15) is 6.42 Å². The molecule has 0 saturated carbocycles. The van der Waals surface area contributed by atoms with Crippen LogP contribution in [0.5, 0.6) is 0 Å². The summed E-state index contributed by atoms with van der Waals surface area (Å²) < 4.78 is 11.2. The molecule has 0 aromatic heterocycles. The summed E-state index contributed by atoms with van der Waals surface area (Å²) >= 11 is 0. The zero-order valence-corrected chi connectivity index (χ0v) is 4.30. The minimum absolute atomic E-state index is 0.156. The molecule has 0 radical (unpaired) electrons. The van der Waals surface area contributed by atoms with Gasteiger partial charge in [0.05, 0.1) is 6.67 Å². The van der Waals surface area contributed by atoms with Gasteiger partial charge in [-0.1, -0.05) is 0 Å². The second-order valence-corrected chi connectivity index (χ2v) is 1.13. The third kappa shape index (κ3) is 5.07. The fourth-order valence-electron chi connectivity index (χ4n) is 0.203. The molecule has 3 nitrogen and oxygen atoms in total. The Morgan fingerprint density at radius 1 is 1.88 bits per heavy atom. The third-order valence-electron chi connectivity index (χ3n) is 0.457. The highest BCUT2D eigenvalue weighted by Gasteiger charge is 1.80. The van der Waals surface area contributed by atoms with Crippen molar-refractivity contribution in [3.8, 4) is 0 Å². The molecule has 0 aliphatic carbocycles. The van der Waals surface area contributed by atoms with Crippen molar-refractivity contribution in [1.82, 2.24) is 0 Å². The van der Waals surface area contributed by atoms with E-state index in [-0.39, 0.29) is 6.42 Å². The van der Waals surface area contributed by atoms with Crippen LogP contribution in [0.4, 0.5) is 9.18 Å². The minimum atomic E-state index is -0.779. The highest BCUT2D eigenvalue weighted by Crippen LogP contribution is 1.74. The van der Waals surface area contributed by atoms with E-state index in [4.69, 9.17) is 0 Å². The van der Waals surface area contributed by atoms with Crippen LogP contribution < -0.4 is 5.73 Å². The van der Waals surface area contributed by atoms with Gasteiger partial charge in [-0.05, 0) is 0 Å². The lowest BCUT2D eigenvalue weighted by Crippen LogP contribution is -2.03. The van der Waals surface area contributed by atoms with Gasteiger partial charge in [-0.3, -0.25) is 4.39 Å². The van der Waals surface area contributed by atoms with Gasteiger partial charge in [-0.2, -0.15) is 0 Å². The maximum atomic E-state index is 11.2. The van der Waals surface area contributed by atoms with Crippen LogP contribution in [0, 0.1) is 0 Å². The number of amides is 2. The molecule has 0 fully saturated rings. The Hall–Kier alpha value is -0.930. The fraction of sp³-hybridized carbons (Fsp3) is 0.500. The number of primary amides is 1. The van der Waals surface area contributed by atoms with Crippen molar-refractivity contribution in [3.63, 3.8) is 0 Å². The van der Waals surface area contributed by atoms with E-state index in [1.807, 2.05) is 0 Å². The molecule has 0 aliphatic rings. The van der Waals surface area contributed by atoms with Crippen LogP contribution in [-0.4, -0.2) is 18.9 Å². The first-order chi connectivity index (χ1) is 3.77. The third-order valence-corrected chi connectivity index (χ3v) is 0.457. The van der Waals surface area contributed by atoms with Gasteiger partial charge in [-0.25, -0.2) is 9.79 Å². The summed E-state index contributed by atoms with van der Waals surface area (Å²) in [6.45, 7) is -0.503. The number of carbonyl (C=O) groups is 1. The van der Waals surface area contributed by atoms with E-state index in [0.29, 0.717) is 0 Å². The zero-order chi connectivity index (χ0) is 6.41. The molecule has 8 heavy (non-hydrogen) atoms. The van der Waals surface area contributed by atoms with Crippen LogP contribution in [0.15, 0.2) is 4.99 Å². The molecular formula is C4H7FN2O. The predicted octanol–water partition coefficient (Wildman–Crippen LogP) is 0.496. The summed E-state index contributed by atoms with van der Waals surface area (Å²) in [4.78, 5) is 12.9. The highest BCUT2D eigenvalue weighted by molar-refractivity contribution is 5.81. The average molecular weight is 118 g/mol. The molecule has 46 valence electrons. The highest BCUT2D eigenvalue weighted by atomic mass is 19.1. The van der Waals surface area contributed by atoms with E-state index < -0.39 is 12.7 Å². The summed E-state index contributed by atoms with van der Waals surface area (Å²) in [5, 5.41) is 0. The zero-order valence-electron chi connectivity index (χ0n) is 4.30. The number of rotatable bonds is 2. The number of nitrogens with zero attached hydrogens (tertiary/aromatic N) is 1. The maximum Gasteiger partial charge on any atom is 0.337 e. The number of urea groups is 1. The molecule has 0 aromatic carbocycles. The Balaban J connectivity index is 3.20. The first-order valence-corrected chi connectivity index (χ1v) is 2.15. The molecule has 0 aromatic rings. The van der Waals surface area contributed by atoms with Gasteiger partial charge in [0.15, 0.2) is 0 Å². The van der Waals surface area contributed by atoms with Crippen LogP contribution in [0.25, 0.3) is 0 Å². The molecule has 0 unspecified atom stereocenters. The van der Waals surface area contributed by atoms with Crippen LogP contribution >= 0.6 is 0 Å². The number of carbonyl (C=O) groups excluding carboxylic acids is 1. The molecule has 2 N–H and O–H groups in total. The lowest BCUT2D eigenvalue weighted by molar-refractivity contribution is 0.257. The van der Waals surface area contributed by atoms with Crippen molar-refractivity contribution in [1.29, 1.82) is 0 Å². The second-order valence-electron chi connectivity index (χ2n) is 1.13. The lowest BCUT2D eigenvalue weighted by atomic mass is 10.5. The number of nitrogens with two attached hydrogens (primary N) is 1. The molecule has 2 amide bonds. The first kappa shape index (κ1) is 7.07. The molecule has 4 heteroatoms. The minimum Gasteiger partial charge on any atom is -0.350 e. The molecule has 0 saturated heterocycles. The summed E-state index contributed by atoms with van der Waals surface area (Å²) in [6.07, 6.45) is 1.31. The molecule has 0 heterocycles. The van der Waals surface area contributed by atoms with Crippen molar-refractivity contribution >= 4 is 12.2 Å². The Labute approximate surface area is 46.4 Å². The SMILES string of the molecule is NC(=O)N=CCCF. The number of aliphatic imine (C=N–C) groups is 1. The Morgan fingerprint density at radius 3 is 2.88 bits per heavy atom. The molecule has 0 spiro atoms. The Morgan fingerprint density at radius 2 is 2.50 bits per heavy atom. The van der Waals surface area contributed by atoms with Crippen molar-refractivity contribution in [2.75, 3.05) is 6.67 Å². The molecule has 0 aliphatic heterocycles. The fourth-order valence-corrected chi connectivity index (χ4v) is 0.203. The van der Waals surface area contributed by atoms with E-state index in [1.165, 1.54) is 0 Å². The van der Waals surface area contributed by atoms with Crippen molar-refractivity contribution in [2.24, 2.45) is 10.7 Å². The number of halogens is 1. The number of hydrogen-bond donors (Lipinski definition) is 1. The topological polar surface area (TPSA) is 55.5 Å². The normalized spacial score (nSPS) is 10.1. The molecule has 0 atom stereocenters. The summed E-state index contributed by atoms with van der Waals surface area (Å²) in [7, 11) is 0. The number of alkyl halides is 1. The van der Waals surface area contributed by atoms with Crippen LogP contribution in [0.3, 0.4) is 0 Å². The summed E-state index contributed by atoms with van der Waals surface area (Å²) in [5.41, 5.74) is 4.57. The van der Waals surface area contributed by atoms with Crippen molar-refractivity contribution in [2.45, 2.75) is 6.42 Å². The molecule has 0 rings (SSSR count). The standard InChI is InChI=1S/C4H7FN2O/c5-2-1-3-7-4(6)8/h3H,1-2H2,(H2,6,8). The van der Waals surface area contributed by atoms with Gasteiger partial charge in [0.25, 0.3) is 0 Å². The van der Waals surface area contributed by atoms with Gasteiger partial charge >= 0.3 is 6.03 Å². The van der Waals surface area contributed by atoms with Gasteiger partial charge < -0.3 is 5.73 Å². The van der Waals surface area contributed by atoms with Crippen LogP contribution in [-0.2, 0) is 0 Å². The van der Waals surface area contributed by atoms with E-state index in [2.05, 4.69) is 10.7 Å². The second kappa shape index (κ2) is 4.23. The quantitative estimate of drug-likeness (QED) is 0.527. The average Bonchev–Trinajstić information content (AvgIpc) is 1.66. The smallest absolute Gasteiger partial charge is 0.337 e. The largest absolute Gasteiger partial charge is 0.350 e. The van der Waals surface area contributed by atoms with Crippen molar-refractivity contribution in [3.05, 3.63) is 0 Å². The molecule has 0 bridgehead atoms. The van der Waals surface area contributed by atoms with Crippen molar-refractivity contribution < 1.29 is 9.18 Å². The monoisotopic (exact) mass is 118 g/mol. The van der Waals surface area contributed by atoms with E-state index in [0.717, 1.165) is 6.21 Å². The Kier molecular flexibility index (Phi) is 3.74. The van der Waals surface area contributed by atoms with Gasteiger partial charge in [0.1, 0.15) is 0 Å². The number of hydrogen-bond acceptors (Lipinski definition) is 1. The van der Waals surface area contributed by atoms with Gasteiger partial charge in [0, 0.05) is 12.6 Å². The van der Waals surface area contributed by atoms with Gasteiger partial charge in [-0.15, -0.1) is 0 Å².